The van der Waals surface area contributed by atoms with Crippen LogP contribution >= 0.6 is 0 Å². The summed E-state index contributed by atoms with van der Waals surface area (Å²) in [6.45, 7) is 2.53. The number of likely N-dealkylation sites (N-methyl/N-ethyl adjacent to an activating group) is 2. The first kappa shape index (κ1) is 10.8. The van der Waals surface area contributed by atoms with Crippen LogP contribution < -0.4 is 0 Å². The summed E-state index contributed by atoms with van der Waals surface area (Å²) in [7, 11) is 4.04. The van der Waals surface area contributed by atoms with Gasteiger partial charge in [0.15, 0.2) is 0 Å². The molecule has 4 nitrogen and oxygen atoms in total. The maximum Gasteiger partial charge on any atom is 0.238 e. The zero-order valence-corrected chi connectivity index (χ0v) is 9.76. The Labute approximate surface area is 96.1 Å². The minimum Gasteiger partial charge on any atom is -0.388 e. The van der Waals surface area contributed by atoms with Crippen LogP contribution in [0.3, 0.4) is 0 Å². The molecule has 0 N–H and O–H groups in total. The average molecular weight is 219 g/mol. The summed E-state index contributed by atoms with van der Waals surface area (Å²) in [6.07, 6.45) is 0. The molecule has 16 heavy (non-hydrogen) atoms. The SMILES string of the molecule is CN1CCN(C)C1=NOCc1ccccc1. The zero-order chi connectivity index (χ0) is 11.4. The molecular weight excluding hydrogens is 202 g/mol. The molecule has 0 aromatic heterocycles. The van der Waals surface area contributed by atoms with Crippen molar-refractivity contribution in [1.29, 1.82) is 0 Å². The van der Waals surface area contributed by atoms with E-state index in [9.17, 15) is 0 Å². The van der Waals surface area contributed by atoms with Gasteiger partial charge in [-0.3, -0.25) is 0 Å². The molecule has 0 unspecified atom stereocenters. The Balaban J connectivity index is 1.90. The van der Waals surface area contributed by atoms with Crippen molar-refractivity contribution in [2.75, 3.05) is 27.2 Å². The number of nitrogens with zero attached hydrogens (tertiary/aromatic N) is 3. The van der Waals surface area contributed by atoms with Crippen LogP contribution in [0.4, 0.5) is 0 Å². The Kier molecular flexibility index (Phi) is 3.29. The second kappa shape index (κ2) is 4.88. The molecule has 0 aliphatic carbocycles. The van der Waals surface area contributed by atoms with Crippen molar-refractivity contribution in [3.05, 3.63) is 35.9 Å². The van der Waals surface area contributed by atoms with Crippen LogP contribution in [0.25, 0.3) is 0 Å². The van der Waals surface area contributed by atoms with E-state index in [1.165, 1.54) is 0 Å². The van der Waals surface area contributed by atoms with E-state index in [0.29, 0.717) is 6.61 Å². The third-order valence-electron chi connectivity index (χ3n) is 2.67. The molecule has 0 saturated carbocycles. The third-order valence-corrected chi connectivity index (χ3v) is 2.67. The molecule has 1 aliphatic rings. The number of guanidine groups is 1. The third kappa shape index (κ3) is 2.45. The van der Waals surface area contributed by atoms with Gasteiger partial charge in [0, 0.05) is 27.2 Å². The normalized spacial score (nSPS) is 15.5. The molecule has 1 fully saturated rings. The fourth-order valence-corrected chi connectivity index (χ4v) is 1.67. The summed E-state index contributed by atoms with van der Waals surface area (Å²) in [5.74, 6) is 0.899. The smallest absolute Gasteiger partial charge is 0.238 e. The van der Waals surface area contributed by atoms with E-state index in [1.54, 1.807) is 0 Å². The van der Waals surface area contributed by atoms with Crippen molar-refractivity contribution in [3.8, 4) is 0 Å². The standard InChI is InChI=1S/C12H17N3O/c1-14-8-9-15(2)12(14)13-16-10-11-6-4-3-5-7-11/h3-7H,8-10H2,1-2H3. The second-order valence-electron chi connectivity index (χ2n) is 3.99. The fourth-order valence-electron chi connectivity index (χ4n) is 1.67. The van der Waals surface area contributed by atoms with E-state index in [1.807, 2.05) is 44.4 Å². The predicted octanol–water partition coefficient (Wildman–Crippen LogP) is 1.35. The molecule has 1 heterocycles. The zero-order valence-electron chi connectivity index (χ0n) is 9.76. The summed E-state index contributed by atoms with van der Waals surface area (Å²) in [4.78, 5) is 9.53. The van der Waals surface area contributed by atoms with Crippen LogP contribution in [0.15, 0.2) is 35.5 Å². The van der Waals surface area contributed by atoms with E-state index in [0.717, 1.165) is 24.6 Å². The molecule has 0 radical (unpaired) electrons. The largest absolute Gasteiger partial charge is 0.388 e. The lowest BCUT2D eigenvalue weighted by Crippen LogP contribution is -2.28. The lowest BCUT2D eigenvalue weighted by atomic mass is 10.2. The second-order valence-corrected chi connectivity index (χ2v) is 3.99. The van der Waals surface area contributed by atoms with Gasteiger partial charge in [-0.1, -0.05) is 30.3 Å². The summed E-state index contributed by atoms with van der Waals surface area (Å²) >= 11 is 0. The Morgan fingerprint density at radius 1 is 1.12 bits per heavy atom. The quantitative estimate of drug-likeness (QED) is 0.718. The first-order valence-electron chi connectivity index (χ1n) is 5.43. The van der Waals surface area contributed by atoms with Gasteiger partial charge in [-0.2, -0.15) is 0 Å². The van der Waals surface area contributed by atoms with Gasteiger partial charge in [0.25, 0.3) is 0 Å². The van der Waals surface area contributed by atoms with Crippen LogP contribution in [0.1, 0.15) is 5.56 Å². The topological polar surface area (TPSA) is 28.1 Å². The van der Waals surface area contributed by atoms with Crippen molar-refractivity contribution in [2.45, 2.75) is 6.61 Å². The summed E-state index contributed by atoms with van der Waals surface area (Å²) in [6, 6.07) is 10.1. The minimum atomic E-state index is 0.520. The van der Waals surface area contributed by atoms with Crippen LogP contribution in [0, 0.1) is 0 Å². The predicted molar refractivity (Wildman–Crippen MR) is 63.9 cm³/mol. The highest BCUT2D eigenvalue weighted by Crippen LogP contribution is 2.05. The van der Waals surface area contributed by atoms with Gasteiger partial charge in [-0.25, -0.2) is 0 Å². The molecule has 1 saturated heterocycles. The molecule has 2 rings (SSSR count). The molecule has 4 heteroatoms. The van der Waals surface area contributed by atoms with Gasteiger partial charge in [0.1, 0.15) is 6.61 Å². The van der Waals surface area contributed by atoms with Gasteiger partial charge < -0.3 is 14.6 Å². The van der Waals surface area contributed by atoms with E-state index in [2.05, 4.69) is 15.0 Å². The molecule has 86 valence electrons. The van der Waals surface area contributed by atoms with Crippen molar-refractivity contribution >= 4 is 5.96 Å². The highest BCUT2D eigenvalue weighted by Gasteiger charge is 2.20. The van der Waals surface area contributed by atoms with E-state index in [-0.39, 0.29) is 0 Å². The van der Waals surface area contributed by atoms with Crippen LogP contribution in [-0.4, -0.2) is 42.9 Å². The number of benzene rings is 1. The van der Waals surface area contributed by atoms with Gasteiger partial charge in [0.2, 0.25) is 5.96 Å². The van der Waals surface area contributed by atoms with E-state index in [4.69, 9.17) is 4.84 Å². The monoisotopic (exact) mass is 219 g/mol. The van der Waals surface area contributed by atoms with Crippen molar-refractivity contribution in [2.24, 2.45) is 5.16 Å². The molecule has 0 atom stereocenters. The van der Waals surface area contributed by atoms with Gasteiger partial charge >= 0.3 is 0 Å². The molecule has 0 bridgehead atoms. The fraction of sp³-hybridized carbons (Fsp3) is 0.417. The molecule has 0 amide bonds. The Bertz CT molecular complexity index is 352. The van der Waals surface area contributed by atoms with E-state index >= 15 is 0 Å². The molecule has 1 aromatic rings. The van der Waals surface area contributed by atoms with Crippen LogP contribution in [0.5, 0.6) is 0 Å². The lowest BCUT2D eigenvalue weighted by Gasteiger charge is -2.14. The summed E-state index contributed by atoms with van der Waals surface area (Å²) < 4.78 is 0. The van der Waals surface area contributed by atoms with Gasteiger partial charge in [-0.15, -0.1) is 0 Å². The molecular formula is C12H17N3O. The van der Waals surface area contributed by atoms with Crippen molar-refractivity contribution < 1.29 is 4.84 Å². The van der Waals surface area contributed by atoms with Crippen LogP contribution in [0.2, 0.25) is 0 Å². The maximum atomic E-state index is 5.35. The summed E-state index contributed by atoms with van der Waals surface area (Å²) in [5.41, 5.74) is 1.13. The van der Waals surface area contributed by atoms with Crippen LogP contribution in [-0.2, 0) is 11.4 Å². The molecule has 1 aliphatic heterocycles. The number of hydrogen-bond acceptors (Lipinski definition) is 2. The molecule has 1 aromatic carbocycles. The molecule has 0 spiro atoms. The lowest BCUT2D eigenvalue weighted by molar-refractivity contribution is 0.124. The van der Waals surface area contributed by atoms with E-state index < -0.39 is 0 Å². The van der Waals surface area contributed by atoms with Gasteiger partial charge in [0.05, 0.1) is 0 Å². The Morgan fingerprint density at radius 2 is 1.75 bits per heavy atom. The number of hydrogen-bond donors (Lipinski definition) is 0. The Morgan fingerprint density at radius 3 is 2.38 bits per heavy atom. The highest BCUT2D eigenvalue weighted by molar-refractivity contribution is 5.80. The average Bonchev–Trinajstić information content (AvgIpc) is 2.62. The number of rotatable bonds is 3. The first-order chi connectivity index (χ1) is 7.77. The first-order valence-corrected chi connectivity index (χ1v) is 5.43. The Hall–Kier alpha value is -1.71. The number of oxime groups is 1. The van der Waals surface area contributed by atoms with Crippen molar-refractivity contribution in [1.82, 2.24) is 9.80 Å². The highest BCUT2D eigenvalue weighted by atomic mass is 16.6. The maximum absolute atomic E-state index is 5.35. The van der Waals surface area contributed by atoms with Gasteiger partial charge in [-0.05, 0) is 10.7 Å². The van der Waals surface area contributed by atoms with Crippen molar-refractivity contribution in [3.63, 3.8) is 0 Å². The minimum absolute atomic E-state index is 0.520. The summed E-state index contributed by atoms with van der Waals surface area (Å²) in [5, 5.41) is 4.15.